The Morgan fingerprint density at radius 2 is 2.09 bits per heavy atom. The van der Waals surface area contributed by atoms with Gasteiger partial charge in [-0.05, 0) is 43.2 Å². The maximum atomic E-state index is 13.5. The van der Waals surface area contributed by atoms with Gasteiger partial charge in [-0.1, -0.05) is 54.6 Å². The van der Waals surface area contributed by atoms with Gasteiger partial charge in [-0.2, -0.15) is 4.98 Å². The molecule has 32 heavy (non-hydrogen) atoms. The summed E-state index contributed by atoms with van der Waals surface area (Å²) in [5.41, 5.74) is 2.67. The number of rotatable bonds is 7. The van der Waals surface area contributed by atoms with Gasteiger partial charge in [-0.25, -0.2) is 4.68 Å². The fourth-order valence-corrected chi connectivity index (χ4v) is 4.48. The molecule has 7 nitrogen and oxygen atoms in total. The van der Waals surface area contributed by atoms with Crippen molar-refractivity contribution >= 4 is 40.9 Å². The van der Waals surface area contributed by atoms with Gasteiger partial charge in [0.25, 0.3) is 5.91 Å². The number of methoxy groups -OCH3 is 1. The maximum Gasteiger partial charge on any atom is 0.255 e. The Kier molecular flexibility index (Phi) is 6.72. The summed E-state index contributed by atoms with van der Waals surface area (Å²) in [7, 11) is 1.57. The topological polar surface area (TPSA) is 81.1 Å². The van der Waals surface area contributed by atoms with Crippen LogP contribution in [0.3, 0.4) is 0 Å². The number of fused-ring (bicyclic) bond motifs is 1. The Hall–Kier alpha value is -2.97. The van der Waals surface area contributed by atoms with Crippen molar-refractivity contribution in [1.82, 2.24) is 14.8 Å². The second-order valence-corrected chi connectivity index (χ2v) is 8.79. The van der Waals surface area contributed by atoms with Crippen molar-refractivity contribution in [3.05, 3.63) is 70.4 Å². The van der Waals surface area contributed by atoms with Gasteiger partial charge in [0.1, 0.15) is 11.8 Å². The van der Waals surface area contributed by atoms with Gasteiger partial charge in [-0.3, -0.25) is 4.79 Å². The molecule has 9 heteroatoms. The smallest absolute Gasteiger partial charge is 0.255 e. The summed E-state index contributed by atoms with van der Waals surface area (Å²) < 4.78 is 7.15. The molecule has 0 saturated heterocycles. The maximum absolute atomic E-state index is 13.5. The van der Waals surface area contributed by atoms with Crippen LogP contribution >= 0.6 is 23.4 Å². The van der Waals surface area contributed by atoms with Crippen LogP contribution in [0.4, 0.5) is 11.6 Å². The molecule has 0 aliphatic carbocycles. The molecule has 4 rings (SSSR count). The molecule has 3 aromatic rings. The summed E-state index contributed by atoms with van der Waals surface area (Å²) in [6, 6.07) is 14.3. The number of allylic oxidation sites excluding steroid dienone is 1. The number of nitrogens with one attached hydrogen (secondary N) is 2. The molecule has 1 unspecified atom stereocenters. The van der Waals surface area contributed by atoms with E-state index in [2.05, 4.69) is 22.5 Å². The van der Waals surface area contributed by atoms with E-state index in [4.69, 9.17) is 21.4 Å². The van der Waals surface area contributed by atoms with Gasteiger partial charge in [0.15, 0.2) is 0 Å². The zero-order chi connectivity index (χ0) is 22.7. The van der Waals surface area contributed by atoms with Crippen molar-refractivity contribution in [3.8, 4) is 5.75 Å². The average molecular weight is 470 g/mol. The number of para-hydroxylation sites is 2. The number of aromatic nitrogens is 3. The van der Waals surface area contributed by atoms with Gasteiger partial charge < -0.3 is 15.4 Å². The fraction of sp³-hybridized carbons (Fsp3) is 0.261. The Bertz CT molecular complexity index is 1180. The van der Waals surface area contributed by atoms with E-state index in [0.717, 1.165) is 17.7 Å². The first kappa shape index (κ1) is 22.2. The molecule has 0 saturated carbocycles. The number of carbonyl (C=O) groups is 1. The number of halogens is 1. The number of carbonyl (C=O) groups excluding carboxylic acids is 1. The predicted molar refractivity (Wildman–Crippen MR) is 129 cm³/mol. The number of nitrogens with zero attached hydrogens (tertiary/aromatic N) is 3. The number of thioether (sulfide) groups is 1. The van der Waals surface area contributed by atoms with Crippen LogP contribution in [-0.4, -0.2) is 33.5 Å². The second-order valence-electron chi connectivity index (χ2n) is 7.29. The molecule has 0 radical (unpaired) electrons. The van der Waals surface area contributed by atoms with E-state index in [-0.39, 0.29) is 5.91 Å². The SMILES string of the molecule is CCCSc1nc2n(n1)C(c1cccc(Cl)c1)C(C(=O)Nc1ccccc1OC)=C(C)N2. The molecular weight excluding hydrogens is 446 g/mol. The fourth-order valence-electron chi connectivity index (χ4n) is 3.60. The van der Waals surface area contributed by atoms with E-state index in [1.54, 1.807) is 35.7 Å². The van der Waals surface area contributed by atoms with Crippen molar-refractivity contribution in [2.45, 2.75) is 31.5 Å². The van der Waals surface area contributed by atoms with E-state index in [1.165, 1.54) is 0 Å². The Morgan fingerprint density at radius 3 is 2.84 bits per heavy atom. The van der Waals surface area contributed by atoms with Crippen LogP contribution in [-0.2, 0) is 4.79 Å². The lowest BCUT2D eigenvalue weighted by Crippen LogP contribution is -2.31. The minimum absolute atomic E-state index is 0.256. The summed E-state index contributed by atoms with van der Waals surface area (Å²) in [6.07, 6.45) is 1.02. The van der Waals surface area contributed by atoms with Crippen LogP contribution in [0.15, 0.2) is 65.0 Å². The van der Waals surface area contributed by atoms with Crippen molar-refractivity contribution in [3.63, 3.8) is 0 Å². The third kappa shape index (κ3) is 4.47. The summed E-state index contributed by atoms with van der Waals surface area (Å²) in [6.45, 7) is 3.98. The largest absolute Gasteiger partial charge is 0.495 e. The van der Waals surface area contributed by atoms with Crippen molar-refractivity contribution in [2.24, 2.45) is 0 Å². The highest BCUT2D eigenvalue weighted by Gasteiger charge is 2.34. The number of hydrogen-bond acceptors (Lipinski definition) is 6. The van der Waals surface area contributed by atoms with Crippen LogP contribution in [0.2, 0.25) is 5.02 Å². The van der Waals surface area contributed by atoms with Gasteiger partial charge in [-0.15, -0.1) is 5.10 Å². The molecule has 1 aliphatic rings. The zero-order valence-corrected chi connectivity index (χ0v) is 19.6. The molecule has 0 fully saturated rings. The Labute approximate surface area is 196 Å². The Morgan fingerprint density at radius 1 is 1.28 bits per heavy atom. The third-order valence-corrected chi connectivity index (χ3v) is 6.31. The quantitative estimate of drug-likeness (QED) is 0.453. The summed E-state index contributed by atoms with van der Waals surface area (Å²) in [4.78, 5) is 18.2. The first-order valence-corrected chi connectivity index (χ1v) is 11.6. The number of ether oxygens (including phenoxy) is 1. The molecule has 2 heterocycles. The molecule has 0 bridgehead atoms. The van der Waals surface area contributed by atoms with E-state index in [0.29, 0.717) is 38.8 Å². The number of anilines is 2. The van der Waals surface area contributed by atoms with Gasteiger partial charge >= 0.3 is 0 Å². The first-order valence-electron chi connectivity index (χ1n) is 10.3. The molecule has 0 spiro atoms. The van der Waals surface area contributed by atoms with Crippen molar-refractivity contribution in [2.75, 3.05) is 23.5 Å². The molecule has 1 aliphatic heterocycles. The van der Waals surface area contributed by atoms with E-state index in [1.807, 2.05) is 43.3 Å². The van der Waals surface area contributed by atoms with E-state index >= 15 is 0 Å². The lowest BCUT2D eigenvalue weighted by Gasteiger charge is -2.29. The van der Waals surface area contributed by atoms with Crippen molar-refractivity contribution in [1.29, 1.82) is 0 Å². The molecular formula is C23H24ClN5O2S. The molecule has 2 N–H and O–H groups in total. The Balaban J connectivity index is 1.77. The number of benzene rings is 2. The van der Waals surface area contributed by atoms with Gasteiger partial charge in [0.2, 0.25) is 11.1 Å². The predicted octanol–water partition coefficient (Wildman–Crippen LogP) is 5.37. The van der Waals surface area contributed by atoms with Crippen LogP contribution in [0.1, 0.15) is 31.9 Å². The number of hydrogen-bond donors (Lipinski definition) is 2. The monoisotopic (exact) mass is 469 g/mol. The molecule has 166 valence electrons. The molecule has 1 aromatic heterocycles. The number of amides is 1. The molecule has 1 amide bonds. The van der Waals surface area contributed by atoms with Crippen LogP contribution in [0.25, 0.3) is 0 Å². The first-order chi connectivity index (χ1) is 15.5. The summed E-state index contributed by atoms with van der Waals surface area (Å²) >= 11 is 7.89. The van der Waals surface area contributed by atoms with E-state index in [9.17, 15) is 4.79 Å². The third-order valence-electron chi connectivity index (χ3n) is 5.03. The van der Waals surface area contributed by atoms with Gasteiger partial charge in [0, 0.05) is 16.5 Å². The average Bonchev–Trinajstić information content (AvgIpc) is 3.19. The highest BCUT2D eigenvalue weighted by Crippen LogP contribution is 2.38. The highest BCUT2D eigenvalue weighted by molar-refractivity contribution is 7.99. The van der Waals surface area contributed by atoms with Crippen molar-refractivity contribution < 1.29 is 9.53 Å². The second kappa shape index (κ2) is 9.67. The summed E-state index contributed by atoms with van der Waals surface area (Å²) in [5.74, 6) is 1.84. The van der Waals surface area contributed by atoms with Gasteiger partial charge in [0.05, 0.1) is 18.4 Å². The highest BCUT2D eigenvalue weighted by atomic mass is 35.5. The lowest BCUT2D eigenvalue weighted by atomic mass is 9.95. The molecule has 2 aromatic carbocycles. The lowest BCUT2D eigenvalue weighted by molar-refractivity contribution is -0.113. The van der Waals surface area contributed by atoms with E-state index < -0.39 is 6.04 Å². The normalized spacial score (nSPS) is 15.2. The standard InChI is InChI=1S/C23H24ClN5O2S/c1-4-12-32-23-27-22-25-14(2)19(21(30)26-17-10-5-6-11-18(17)31-3)20(29(22)28-23)15-8-7-9-16(24)13-15/h5-11,13,20H,4,12H2,1-3H3,(H,26,30)(H,25,27,28). The minimum atomic E-state index is -0.483. The zero-order valence-electron chi connectivity index (χ0n) is 18.1. The van der Waals surface area contributed by atoms with Crippen LogP contribution in [0, 0.1) is 0 Å². The molecule has 1 atom stereocenters. The van der Waals surface area contributed by atoms with Crippen LogP contribution < -0.4 is 15.4 Å². The van der Waals surface area contributed by atoms with Crippen LogP contribution in [0.5, 0.6) is 5.75 Å². The minimum Gasteiger partial charge on any atom is -0.495 e. The summed E-state index contributed by atoms with van der Waals surface area (Å²) in [5, 5.41) is 12.2.